The fraction of sp³-hybridized carbons (Fsp3) is 1.00. The summed E-state index contributed by atoms with van der Waals surface area (Å²) in [4.78, 5) is 0. The molecule has 0 amide bonds. The zero-order valence-corrected chi connectivity index (χ0v) is 10.5. The lowest BCUT2D eigenvalue weighted by atomic mass is 10.0. The van der Waals surface area contributed by atoms with Crippen molar-refractivity contribution >= 4 is 0 Å². The Balaban J connectivity index is 4.33. The Kier molecular flexibility index (Phi) is 7.15. The van der Waals surface area contributed by atoms with E-state index < -0.39 is 0 Å². The third kappa shape index (κ3) is 3.95. The summed E-state index contributed by atoms with van der Waals surface area (Å²) in [5.41, 5.74) is 3.27. The number of hydrogen-bond acceptors (Lipinski definition) is 3. The fourth-order valence-corrected chi connectivity index (χ4v) is 1.63. The van der Waals surface area contributed by atoms with Gasteiger partial charge in [0, 0.05) is 19.2 Å². The maximum absolute atomic E-state index is 5.23. The quantitative estimate of drug-likeness (QED) is 0.638. The summed E-state index contributed by atoms with van der Waals surface area (Å²) in [6.07, 6.45) is 1.10. The summed E-state index contributed by atoms with van der Waals surface area (Å²) in [6, 6.07) is 0.988. The first-order chi connectivity index (χ1) is 6.58. The van der Waals surface area contributed by atoms with Gasteiger partial charge in [0.1, 0.15) is 0 Å². The Morgan fingerprint density at radius 1 is 1.29 bits per heavy atom. The Bertz CT molecular complexity index is 139. The third-order valence-corrected chi connectivity index (χ3v) is 2.89. The SMILES string of the molecule is CC[C@H](COC)N(NC)[C@@H](C)C(C)C. The molecule has 0 radical (unpaired) electrons. The molecule has 0 aliphatic carbocycles. The van der Waals surface area contributed by atoms with Gasteiger partial charge in [0.2, 0.25) is 0 Å². The van der Waals surface area contributed by atoms with Gasteiger partial charge >= 0.3 is 0 Å². The Hall–Kier alpha value is -0.120. The van der Waals surface area contributed by atoms with Gasteiger partial charge < -0.3 is 4.74 Å². The van der Waals surface area contributed by atoms with Crippen LogP contribution in [0.4, 0.5) is 0 Å². The third-order valence-electron chi connectivity index (χ3n) is 2.89. The van der Waals surface area contributed by atoms with E-state index in [1.807, 2.05) is 7.05 Å². The normalized spacial score (nSPS) is 16.3. The van der Waals surface area contributed by atoms with Crippen molar-refractivity contribution in [2.75, 3.05) is 20.8 Å². The monoisotopic (exact) mass is 202 g/mol. The van der Waals surface area contributed by atoms with E-state index in [0.717, 1.165) is 13.0 Å². The van der Waals surface area contributed by atoms with Crippen LogP contribution in [0.2, 0.25) is 0 Å². The number of ether oxygens (including phenoxy) is 1. The van der Waals surface area contributed by atoms with Gasteiger partial charge in [-0.2, -0.15) is 0 Å². The molecule has 1 N–H and O–H groups in total. The Morgan fingerprint density at radius 2 is 1.86 bits per heavy atom. The maximum atomic E-state index is 5.23. The van der Waals surface area contributed by atoms with Gasteiger partial charge in [0.15, 0.2) is 0 Å². The second-order valence-corrected chi connectivity index (χ2v) is 4.13. The van der Waals surface area contributed by atoms with Gasteiger partial charge in [-0.25, -0.2) is 5.01 Å². The minimum atomic E-state index is 0.461. The van der Waals surface area contributed by atoms with Crippen LogP contribution in [0.5, 0.6) is 0 Å². The smallest absolute Gasteiger partial charge is 0.0632 e. The molecule has 0 rings (SSSR count). The summed E-state index contributed by atoms with van der Waals surface area (Å²) in [5.74, 6) is 0.647. The molecule has 0 fully saturated rings. The van der Waals surface area contributed by atoms with Gasteiger partial charge in [0.05, 0.1) is 6.61 Å². The summed E-state index contributed by atoms with van der Waals surface area (Å²) in [5, 5.41) is 2.30. The molecule has 2 atom stereocenters. The number of hydrogen-bond donors (Lipinski definition) is 1. The molecular formula is C11H26N2O. The molecule has 3 heteroatoms. The van der Waals surface area contributed by atoms with Crippen molar-refractivity contribution in [1.82, 2.24) is 10.4 Å². The highest BCUT2D eigenvalue weighted by molar-refractivity contribution is 4.74. The van der Waals surface area contributed by atoms with Crippen molar-refractivity contribution in [3.05, 3.63) is 0 Å². The first-order valence-corrected chi connectivity index (χ1v) is 5.53. The first kappa shape index (κ1) is 13.9. The second-order valence-electron chi connectivity index (χ2n) is 4.13. The lowest BCUT2D eigenvalue weighted by Crippen LogP contribution is -2.52. The number of hydrazine groups is 1. The molecule has 0 saturated carbocycles. The van der Waals surface area contributed by atoms with Crippen molar-refractivity contribution in [1.29, 1.82) is 0 Å². The predicted molar refractivity (Wildman–Crippen MR) is 61.2 cm³/mol. The average molecular weight is 202 g/mol. The molecular weight excluding hydrogens is 176 g/mol. The second kappa shape index (κ2) is 7.21. The van der Waals surface area contributed by atoms with E-state index in [1.54, 1.807) is 7.11 Å². The molecule has 0 aromatic heterocycles. The van der Waals surface area contributed by atoms with Crippen molar-refractivity contribution < 1.29 is 4.74 Å². The molecule has 0 aromatic carbocycles. The maximum Gasteiger partial charge on any atom is 0.0632 e. The highest BCUT2D eigenvalue weighted by Crippen LogP contribution is 2.13. The summed E-state index contributed by atoms with van der Waals surface area (Å²) in [7, 11) is 3.74. The van der Waals surface area contributed by atoms with Crippen molar-refractivity contribution in [2.24, 2.45) is 5.92 Å². The fourth-order valence-electron chi connectivity index (χ4n) is 1.63. The summed E-state index contributed by atoms with van der Waals surface area (Å²) >= 11 is 0. The van der Waals surface area contributed by atoms with Gasteiger partial charge in [0.25, 0.3) is 0 Å². The van der Waals surface area contributed by atoms with E-state index in [4.69, 9.17) is 4.74 Å². The largest absolute Gasteiger partial charge is 0.383 e. The highest BCUT2D eigenvalue weighted by Gasteiger charge is 2.22. The Morgan fingerprint density at radius 3 is 2.14 bits per heavy atom. The van der Waals surface area contributed by atoms with Gasteiger partial charge in [-0.3, -0.25) is 5.43 Å². The van der Waals surface area contributed by atoms with E-state index in [-0.39, 0.29) is 0 Å². The van der Waals surface area contributed by atoms with Crippen LogP contribution >= 0.6 is 0 Å². The molecule has 0 unspecified atom stereocenters. The van der Waals surface area contributed by atoms with Gasteiger partial charge in [-0.1, -0.05) is 20.8 Å². The molecule has 0 aliphatic heterocycles. The standard InChI is InChI=1S/C11H26N2O/c1-7-11(8-14-6)13(12-5)10(4)9(2)3/h9-12H,7-8H2,1-6H3/t10-,11+/m0/s1. The number of rotatable bonds is 7. The number of nitrogens with zero attached hydrogens (tertiary/aromatic N) is 1. The van der Waals surface area contributed by atoms with E-state index in [2.05, 4.69) is 38.1 Å². The zero-order chi connectivity index (χ0) is 11.1. The zero-order valence-electron chi connectivity index (χ0n) is 10.5. The van der Waals surface area contributed by atoms with Crippen LogP contribution < -0.4 is 5.43 Å². The van der Waals surface area contributed by atoms with Crippen LogP contribution in [0.1, 0.15) is 34.1 Å². The van der Waals surface area contributed by atoms with E-state index in [9.17, 15) is 0 Å². The van der Waals surface area contributed by atoms with Crippen molar-refractivity contribution in [3.63, 3.8) is 0 Å². The lowest BCUT2D eigenvalue weighted by Gasteiger charge is -2.36. The molecule has 0 aromatic rings. The topological polar surface area (TPSA) is 24.5 Å². The van der Waals surface area contributed by atoms with E-state index >= 15 is 0 Å². The van der Waals surface area contributed by atoms with E-state index in [1.165, 1.54) is 0 Å². The number of nitrogens with one attached hydrogen (secondary N) is 1. The minimum absolute atomic E-state index is 0.461. The van der Waals surface area contributed by atoms with Crippen LogP contribution in [0.3, 0.4) is 0 Å². The van der Waals surface area contributed by atoms with Crippen molar-refractivity contribution in [3.8, 4) is 0 Å². The molecule has 3 nitrogen and oxygen atoms in total. The first-order valence-electron chi connectivity index (χ1n) is 5.53. The summed E-state index contributed by atoms with van der Waals surface area (Å²) < 4.78 is 5.23. The van der Waals surface area contributed by atoms with Crippen LogP contribution in [0, 0.1) is 5.92 Å². The molecule has 0 saturated heterocycles. The summed E-state index contributed by atoms with van der Waals surface area (Å²) in [6.45, 7) is 9.72. The molecule has 0 bridgehead atoms. The molecule has 0 aliphatic rings. The van der Waals surface area contributed by atoms with Gasteiger partial charge in [-0.15, -0.1) is 0 Å². The lowest BCUT2D eigenvalue weighted by molar-refractivity contribution is 0.0160. The van der Waals surface area contributed by atoms with E-state index in [0.29, 0.717) is 18.0 Å². The molecule has 0 heterocycles. The average Bonchev–Trinajstić information content (AvgIpc) is 2.17. The molecule has 0 spiro atoms. The predicted octanol–water partition coefficient (Wildman–Crippen LogP) is 1.89. The Labute approximate surface area is 88.8 Å². The molecule has 14 heavy (non-hydrogen) atoms. The van der Waals surface area contributed by atoms with Crippen molar-refractivity contribution in [2.45, 2.75) is 46.2 Å². The number of methoxy groups -OCH3 is 1. The van der Waals surface area contributed by atoms with Gasteiger partial charge in [-0.05, 0) is 26.3 Å². The minimum Gasteiger partial charge on any atom is -0.383 e. The van der Waals surface area contributed by atoms with Crippen LogP contribution in [0.25, 0.3) is 0 Å². The molecule has 86 valence electrons. The van der Waals surface area contributed by atoms with Crippen LogP contribution in [-0.2, 0) is 4.74 Å². The van der Waals surface area contributed by atoms with Crippen LogP contribution in [-0.4, -0.2) is 37.9 Å². The van der Waals surface area contributed by atoms with Crippen LogP contribution in [0.15, 0.2) is 0 Å². The highest BCUT2D eigenvalue weighted by atomic mass is 16.5.